The van der Waals surface area contributed by atoms with Crippen LogP contribution >= 0.6 is 11.8 Å². The van der Waals surface area contributed by atoms with Crippen LogP contribution in [0.25, 0.3) is 0 Å². The first-order valence-corrected chi connectivity index (χ1v) is 7.48. The average Bonchev–Trinajstić information content (AvgIpc) is 3.23. The van der Waals surface area contributed by atoms with Gasteiger partial charge in [0.05, 0.1) is 13.2 Å². The number of tetrazole rings is 1. The first-order chi connectivity index (χ1) is 10.2. The Kier molecular flexibility index (Phi) is 3.78. The third-order valence-corrected chi connectivity index (χ3v) is 4.22. The Morgan fingerprint density at radius 1 is 1.52 bits per heavy atom. The van der Waals surface area contributed by atoms with Crippen molar-refractivity contribution in [3.05, 3.63) is 29.3 Å². The Morgan fingerprint density at radius 2 is 2.33 bits per heavy atom. The van der Waals surface area contributed by atoms with E-state index >= 15 is 0 Å². The van der Waals surface area contributed by atoms with Crippen LogP contribution in [0.3, 0.4) is 0 Å². The molecule has 3 rings (SSSR count). The van der Waals surface area contributed by atoms with Gasteiger partial charge in [-0.15, -0.1) is 5.10 Å². The second kappa shape index (κ2) is 5.72. The minimum atomic E-state index is -0.999. The van der Waals surface area contributed by atoms with Gasteiger partial charge in [-0.05, 0) is 41.0 Å². The second-order valence-electron chi connectivity index (χ2n) is 4.77. The summed E-state index contributed by atoms with van der Waals surface area (Å²) in [6, 6.07) is 5.57. The molecule has 1 saturated carbocycles. The summed E-state index contributed by atoms with van der Waals surface area (Å²) >= 11 is 1.50. The fraction of sp³-hybridized carbons (Fsp3) is 0.385. The zero-order chi connectivity index (χ0) is 14.8. The smallest absolute Gasteiger partial charge is 0.339 e. The van der Waals surface area contributed by atoms with E-state index in [0.717, 1.165) is 23.6 Å². The highest BCUT2D eigenvalue weighted by molar-refractivity contribution is 7.98. The van der Waals surface area contributed by atoms with E-state index in [1.165, 1.54) is 18.9 Å². The number of rotatable bonds is 6. The molecule has 1 aromatic carbocycles. The Balaban J connectivity index is 1.74. The van der Waals surface area contributed by atoms with Crippen molar-refractivity contribution in [3.8, 4) is 5.75 Å². The van der Waals surface area contributed by atoms with E-state index in [0.29, 0.717) is 17.5 Å². The van der Waals surface area contributed by atoms with Gasteiger partial charge in [0.15, 0.2) is 0 Å². The average molecular weight is 306 g/mol. The molecular weight excluding hydrogens is 292 g/mol. The molecule has 0 aliphatic heterocycles. The molecule has 1 N–H and O–H groups in total. The molecule has 21 heavy (non-hydrogen) atoms. The lowest BCUT2D eigenvalue weighted by Gasteiger charge is -2.07. The summed E-state index contributed by atoms with van der Waals surface area (Å²) in [6.07, 6.45) is 2.23. The van der Waals surface area contributed by atoms with Crippen molar-refractivity contribution in [1.82, 2.24) is 20.2 Å². The molecule has 1 heterocycles. The van der Waals surface area contributed by atoms with Crippen LogP contribution in [0.5, 0.6) is 5.75 Å². The van der Waals surface area contributed by atoms with Gasteiger partial charge in [0.1, 0.15) is 11.3 Å². The Labute approximate surface area is 125 Å². The highest BCUT2D eigenvalue weighted by Gasteiger charge is 2.27. The van der Waals surface area contributed by atoms with Crippen LogP contribution in [0.4, 0.5) is 0 Å². The first kappa shape index (κ1) is 13.9. The van der Waals surface area contributed by atoms with Gasteiger partial charge >= 0.3 is 5.97 Å². The number of ether oxygens (including phenoxy) is 1. The van der Waals surface area contributed by atoms with E-state index in [1.807, 2.05) is 10.7 Å². The number of methoxy groups -OCH3 is 1. The molecule has 0 saturated heterocycles. The molecule has 0 unspecified atom stereocenters. The maximum absolute atomic E-state index is 11.2. The van der Waals surface area contributed by atoms with Gasteiger partial charge in [-0.25, -0.2) is 9.48 Å². The topological polar surface area (TPSA) is 90.1 Å². The highest BCUT2D eigenvalue weighted by atomic mass is 32.2. The number of hydrogen-bond donors (Lipinski definition) is 1. The summed E-state index contributed by atoms with van der Waals surface area (Å²) in [5.74, 6) is -0.0299. The fourth-order valence-electron chi connectivity index (χ4n) is 1.99. The van der Waals surface area contributed by atoms with Crippen molar-refractivity contribution in [2.24, 2.45) is 0 Å². The van der Waals surface area contributed by atoms with Crippen LogP contribution in [-0.2, 0) is 5.75 Å². The molecule has 0 bridgehead atoms. The lowest BCUT2D eigenvalue weighted by molar-refractivity contribution is 0.0693. The third kappa shape index (κ3) is 2.99. The SMILES string of the molecule is COc1ccc(CSc2nnnn2C2CC2)cc1C(=O)O. The predicted molar refractivity (Wildman–Crippen MR) is 75.6 cm³/mol. The van der Waals surface area contributed by atoms with E-state index in [9.17, 15) is 9.90 Å². The molecule has 1 aliphatic carbocycles. The molecule has 110 valence electrons. The number of carbonyl (C=O) groups is 1. The van der Waals surface area contributed by atoms with Gasteiger partial charge in [0.25, 0.3) is 0 Å². The normalized spacial score (nSPS) is 14.1. The summed E-state index contributed by atoms with van der Waals surface area (Å²) in [4.78, 5) is 11.2. The largest absolute Gasteiger partial charge is 0.496 e. The van der Waals surface area contributed by atoms with Gasteiger partial charge in [0, 0.05) is 5.75 Å². The number of hydrogen-bond acceptors (Lipinski definition) is 6. The maximum Gasteiger partial charge on any atom is 0.339 e. The number of aromatic carboxylic acids is 1. The van der Waals surface area contributed by atoms with Crippen molar-refractivity contribution < 1.29 is 14.6 Å². The Morgan fingerprint density at radius 3 is 3.00 bits per heavy atom. The Bertz CT molecular complexity index is 669. The molecule has 1 fully saturated rings. The van der Waals surface area contributed by atoms with Crippen molar-refractivity contribution >= 4 is 17.7 Å². The molecule has 1 aromatic heterocycles. The summed E-state index contributed by atoms with van der Waals surface area (Å²) in [5.41, 5.74) is 1.06. The quantitative estimate of drug-likeness (QED) is 0.816. The van der Waals surface area contributed by atoms with Gasteiger partial charge < -0.3 is 9.84 Å². The van der Waals surface area contributed by atoms with Crippen molar-refractivity contribution in [1.29, 1.82) is 0 Å². The number of benzene rings is 1. The zero-order valence-corrected chi connectivity index (χ0v) is 12.2. The summed E-state index contributed by atoms with van der Waals surface area (Å²) in [7, 11) is 1.46. The van der Waals surface area contributed by atoms with Gasteiger partial charge in [0.2, 0.25) is 5.16 Å². The number of nitrogens with zero attached hydrogens (tertiary/aromatic N) is 4. The summed E-state index contributed by atoms with van der Waals surface area (Å²) < 4.78 is 6.89. The Hall–Kier alpha value is -2.09. The first-order valence-electron chi connectivity index (χ1n) is 6.50. The van der Waals surface area contributed by atoms with Crippen LogP contribution in [0, 0.1) is 0 Å². The van der Waals surface area contributed by atoms with E-state index in [1.54, 1.807) is 12.1 Å². The van der Waals surface area contributed by atoms with Gasteiger partial charge in [-0.2, -0.15) is 0 Å². The van der Waals surface area contributed by atoms with Crippen LogP contribution in [-0.4, -0.2) is 38.4 Å². The van der Waals surface area contributed by atoms with Crippen LogP contribution in [0.1, 0.15) is 34.8 Å². The van der Waals surface area contributed by atoms with E-state index < -0.39 is 5.97 Å². The van der Waals surface area contributed by atoms with Crippen LogP contribution < -0.4 is 4.74 Å². The van der Waals surface area contributed by atoms with E-state index in [4.69, 9.17) is 4.74 Å². The van der Waals surface area contributed by atoms with Crippen LogP contribution in [0.2, 0.25) is 0 Å². The maximum atomic E-state index is 11.2. The molecule has 0 radical (unpaired) electrons. The molecule has 0 amide bonds. The third-order valence-electron chi connectivity index (χ3n) is 3.22. The molecule has 0 spiro atoms. The van der Waals surface area contributed by atoms with E-state index in [-0.39, 0.29) is 5.56 Å². The summed E-state index contributed by atoms with van der Waals surface area (Å²) in [5, 5.41) is 21.6. The molecule has 7 nitrogen and oxygen atoms in total. The molecule has 0 atom stereocenters. The minimum absolute atomic E-state index is 0.164. The standard InChI is InChI=1S/C13H14N4O3S/c1-20-11-5-2-8(6-10(11)12(18)19)7-21-13-14-15-16-17(13)9-3-4-9/h2,5-6,9H,3-4,7H2,1H3,(H,18,19). The van der Waals surface area contributed by atoms with Crippen molar-refractivity contribution in [2.75, 3.05) is 7.11 Å². The van der Waals surface area contributed by atoms with Gasteiger partial charge in [-0.3, -0.25) is 0 Å². The number of thioether (sulfide) groups is 1. The number of carboxylic acids is 1. The fourth-order valence-corrected chi connectivity index (χ4v) is 2.88. The molecular formula is C13H14N4O3S. The lowest BCUT2D eigenvalue weighted by Crippen LogP contribution is -2.02. The van der Waals surface area contributed by atoms with Gasteiger partial charge in [-0.1, -0.05) is 17.8 Å². The lowest BCUT2D eigenvalue weighted by atomic mass is 10.1. The molecule has 2 aromatic rings. The van der Waals surface area contributed by atoms with Crippen LogP contribution in [0.15, 0.2) is 23.4 Å². The monoisotopic (exact) mass is 306 g/mol. The number of aromatic nitrogens is 4. The summed E-state index contributed by atoms with van der Waals surface area (Å²) in [6.45, 7) is 0. The number of carboxylic acid groups (broad SMARTS) is 1. The molecule has 1 aliphatic rings. The minimum Gasteiger partial charge on any atom is -0.496 e. The van der Waals surface area contributed by atoms with Crippen molar-refractivity contribution in [3.63, 3.8) is 0 Å². The second-order valence-corrected chi connectivity index (χ2v) is 5.71. The zero-order valence-electron chi connectivity index (χ0n) is 11.4. The van der Waals surface area contributed by atoms with E-state index in [2.05, 4.69) is 15.5 Å². The van der Waals surface area contributed by atoms with Crippen molar-refractivity contribution in [2.45, 2.75) is 29.8 Å². The molecule has 8 heteroatoms. The predicted octanol–water partition coefficient (Wildman–Crippen LogP) is 2.01. The highest BCUT2D eigenvalue weighted by Crippen LogP contribution is 2.37.